The first-order valence-electron chi connectivity index (χ1n) is 5.07. The smallest absolute Gasteiger partial charge is 0.315 e. The first-order chi connectivity index (χ1) is 7.31. The number of carbonyl (C=O) groups excluding carboxylic acids is 1. The number of hydrogen-bond acceptors (Lipinski definition) is 2. The van der Waals surface area contributed by atoms with Crippen molar-refractivity contribution >= 4 is 6.03 Å². The monoisotopic (exact) mass is 206 g/mol. The van der Waals surface area contributed by atoms with Crippen LogP contribution >= 0.6 is 0 Å². The number of urea groups is 1. The van der Waals surface area contributed by atoms with E-state index in [2.05, 4.69) is 10.6 Å². The summed E-state index contributed by atoms with van der Waals surface area (Å²) < 4.78 is 5.51. The molecule has 1 aromatic carbocycles. The highest BCUT2D eigenvalue weighted by Crippen LogP contribution is 2.26. The zero-order valence-electron chi connectivity index (χ0n) is 8.62. The van der Waals surface area contributed by atoms with Gasteiger partial charge < -0.3 is 15.4 Å². The van der Waals surface area contributed by atoms with Crippen LogP contribution in [0, 0.1) is 0 Å². The van der Waals surface area contributed by atoms with Gasteiger partial charge in [0.15, 0.2) is 0 Å². The van der Waals surface area contributed by atoms with Crippen LogP contribution in [-0.2, 0) is 0 Å². The van der Waals surface area contributed by atoms with E-state index in [0.29, 0.717) is 13.2 Å². The molecule has 1 aliphatic rings. The molecular weight excluding hydrogens is 192 g/mol. The Labute approximate surface area is 88.6 Å². The number of benzene rings is 1. The van der Waals surface area contributed by atoms with Gasteiger partial charge in [0.2, 0.25) is 0 Å². The van der Waals surface area contributed by atoms with E-state index in [1.54, 1.807) is 0 Å². The lowest BCUT2D eigenvalue weighted by Crippen LogP contribution is -2.22. The maximum Gasteiger partial charge on any atom is 0.315 e. The van der Waals surface area contributed by atoms with Crippen molar-refractivity contribution < 1.29 is 9.53 Å². The number of amides is 2. The van der Waals surface area contributed by atoms with E-state index in [9.17, 15) is 4.79 Å². The molecule has 1 aromatic rings. The van der Waals surface area contributed by atoms with Gasteiger partial charge >= 0.3 is 6.03 Å². The summed E-state index contributed by atoms with van der Waals surface area (Å²) in [5.41, 5.74) is 1.03. The molecule has 80 valence electrons. The van der Waals surface area contributed by atoms with Crippen LogP contribution in [0.3, 0.4) is 0 Å². The number of rotatable bonds is 3. The third kappa shape index (κ3) is 2.03. The maximum atomic E-state index is 11.0. The number of para-hydroxylation sites is 1. The molecule has 1 heterocycles. The fourth-order valence-electron chi connectivity index (χ4n) is 1.70. The van der Waals surface area contributed by atoms with Crippen LogP contribution in [-0.4, -0.2) is 19.2 Å². The third-order valence-electron chi connectivity index (χ3n) is 2.37. The van der Waals surface area contributed by atoms with E-state index in [4.69, 9.17) is 4.74 Å². The number of hydrogen-bond donors (Lipinski definition) is 2. The van der Waals surface area contributed by atoms with Crippen molar-refractivity contribution in [2.45, 2.75) is 13.0 Å². The Balaban J connectivity index is 2.22. The van der Waals surface area contributed by atoms with E-state index in [0.717, 1.165) is 11.3 Å². The minimum atomic E-state index is -0.119. The van der Waals surface area contributed by atoms with Crippen molar-refractivity contribution in [2.75, 3.05) is 13.2 Å². The van der Waals surface area contributed by atoms with Gasteiger partial charge in [0.25, 0.3) is 0 Å². The van der Waals surface area contributed by atoms with Gasteiger partial charge in [-0.1, -0.05) is 18.2 Å². The molecule has 0 aliphatic carbocycles. The molecule has 0 unspecified atom stereocenters. The van der Waals surface area contributed by atoms with E-state index < -0.39 is 0 Å². The quantitative estimate of drug-likeness (QED) is 0.786. The number of ether oxygens (including phenoxy) is 1. The molecule has 1 aliphatic heterocycles. The molecule has 0 radical (unpaired) electrons. The molecule has 15 heavy (non-hydrogen) atoms. The van der Waals surface area contributed by atoms with Crippen LogP contribution in [0.1, 0.15) is 18.5 Å². The van der Waals surface area contributed by atoms with Crippen LogP contribution in [0.2, 0.25) is 0 Å². The molecule has 0 saturated carbocycles. The minimum absolute atomic E-state index is 0.0141. The molecule has 1 fully saturated rings. The lowest BCUT2D eigenvalue weighted by Gasteiger charge is -2.14. The van der Waals surface area contributed by atoms with Gasteiger partial charge in [-0.25, -0.2) is 4.79 Å². The Morgan fingerprint density at radius 2 is 2.27 bits per heavy atom. The first kappa shape index (κ1) is 9.83. The summed E-state index contributed by atoms with van der Waals surface area (Å²) in [5.74, 6) is 0.842. The number of carbonyl (C=O) groups is 1. The van der Waals surface area contributed by atoms with Gasteiger partial charge in [0.05, 0.1) is 12.6 Å². The minimum Gasteiger partial charge on any atom is -0.494 e. The van der Waals surface area contributed by atoms with Gasteiger partial charge in [-0.3, -0.25) is 0 Å². The molecular formula is C11H14N2O2. The van der Waals surface area contributed by atoms with Crippen molar-refractivity contribution in [1.29, 1.82) is 0 Å². The molecule has 2 rings (SSSR count). The summed E-state index contributed by atoms with van der Waals surface area (Å²) in [6, 6.07) is 7.67. The van der Waals surface area contributed by atoms with Crippen LogP contribution in [0.4, 0.5) is 4.79 Å². The lowest BCUT2D eigenvalue weighted by molar-refractivity contribution is 0.247. The Bertz CT molecular complexity index is 365. The highest BCUT2D eigenvalue weighted by molar-refractivity contribution is 5.77. The second-order valence-corrected chi connectivity index (χ2v) is 3.38. The SMILES string of the molecule is CCOc1ccccc1[C@H]1CNC(=O)N1. The predicted octanol–water partition coefficient (Wildman–Crippen LogP) is 1.44. The van der Waals surface area contributed by atoms with E-state index in [-0.39, 0.29) is 12.1 Å². The van der Waals surface area contributed by atoms with Crippen LogP contribution in [0.5, 0.6) is 5.75 Å². The van der Waals surface area contributed by atoms with E-state index in [1.165, 1.54) is 0 Å². The van der Waals surface area contributed by atoms with Crippen molar-refractivity contribution in [1.82, 2.24) is 10.6 Å². The second-order valence-electron chi connectivity index (χ2n) is 3.38. The molecule has 0 bridgehead atoms. The summed E-state index contributed by atoms with van der Waals surface area (Å²) >= 11 is 0. The summed E-state index contributed by atoms with van der Waals surface area (Å²) in [5, 5.41) is 5.57. The van der Waals surface area contributed by atoms with Crippen LogP contribution in [0.25, 0.3) is 0 Å². The van der Waals surface area contributed by atoms with Gasteiger partial charge in [0, 0.05) is 12.1 Å². The molecule has 0 aromatic heterocycles. The Kier molecular flexibility index (Phi) is 2.76. The van der Waals surface area contributed by atoms with Gasteiger partial charge in [0.1, 0.15) is 5.75 Å². The highest BCUT2D eigenvalue weighted by atomic mass is 16.5. The Hall–Kier alpha value is -1.71. The number of nitrogens with one attached hydrogen (secondary N) is 2. The standard InChI is InChI=1S/C11H14N2O2/c1-2-15-10-6-4-3-5-8(10)9-7-12-11(14)13-9/h3-6,9H,2,7H2,1H3,(H2,12,13,14)/t9-/m1/s1. The summed E-state index contributed by atoms with van der Waals surface area (Å²) in [4.78, 5) is 11.0. The van der Waals surface area contributed by atoms with E-state index >= 15 is 0 Å². The van der Waals surface area contributed by atoms with Crippen LogP contribution < -0.4 is 15.4 Å². The lowest BCUT2D eigenvalue weighted by atomic mass is 10.1. The zero-order valence-corrected chi connectivity index (χ0v) is 8.62. The molecule has 1 atom stereocenters. The molecule has 4 heteroatoms. The third-order valence-corrected chi connectivity index (χ3v) is 2.37. The maximum absolute atomic E-state index is 11.0. The summed E-state index contributed by atoms with van der Waals surface area (Å²) in [7, 11) is 0. The first-order valence-corrected chi connectivity index (χ1v) is 5.07. The highest BCUT2D eigenvalue weighted by Gasteiger charge is 2.23. The Morgan fingerprint density at radius 3 is 2.93 bits per heavy atom. The topological polar surface area (TPSA) is 50.4 Å². The predicted molar refractivity (Wildman–Crippen MR) is 56.9 cm³/mol. The fourth-order valence-corrected chi connectivity index (χ4v) is 1.70. The second kappa shape index (κ2) is 4.21. The van der Waals surface area contributed by atoms with Crippen molar-refractivity contribution in [3.63, 3.8) is 0 Å². The van der Waals surface area contributed by atoms with Gasteiger partial charge in [-0.05, 0) is 13.0 Å². The van der Waals surface area contributed by atoms with E-state index in [1.807, 2.05) is 31.2 Å². The fraction of sp³-hybridized carbons (Fsp3) is 0.364. The zero-order chi connectivity index (χ0) is 10.7. The molecule has 4 nitrogen and oxygen atoms in total. The molecule has 2 amide bonds. The molecule has 1 saturated heterocycles. The normalized spacial score (nSPS) is 19.5. The largest absolute Gasteiger partial charge is 0.494 e. The van der Waals surface area contributed by atoms with Crippen LogP contribution in [0.15, 0.2) is 24.3 Å². The van der Waals surface area contributed by atoms with Crippen molar-refractivity contribution in [3.8, 4) is 5.75 Å². The summed E-state index contributed by atoms with van der Waals surface area (Å²) in [6.07, 6.45) is 0. The Morgan fingerprint density at radius 1 is 1.47 bits per heavy atom. The van der Waals surface area contributed by atoms with Gasteiger partial charge in [-0.2, -0.15) is 0 Å². The molecule has 2 N–H and O–H groups in total. The van der Waals surface area contributed by atoms with Gasteiger partial charge in [-0.15, -0.1) is 0 Å². The van der Waals surface area contributed by atoms with Crippen molar-refractivity contribution in [3.05, 3.63) is 29.8 Å². The average Bonchev–Trinajstić information content (AvgIpc) is 2.66. The average molecular weight is 206 g/mol. The molecule has 0 spiro atoms. The van der Waals surface area contributed by atoms with Crippen molar-refractivity contribution in [2.24, 2.45) is 0 Å². The summed E-state index contributed by atoms with van der Waals surface area (Å²) in [6.45, 7) is 3.19.